The van der Waals surface area contributed by atoms with Gasteiger partial charge in [-0.2, -0.15) is 5.26 Å². The summed E-state index contributed by atoms with van der Waals surface area (Å²) in [6, 6.07) is 10.9. The van der Waals surface area contributed by atoms with E-state index in [0.717, 1.165) is 4.88 Å². The summed E-state index contributed by atoms with van der Waals surface area (Å²) in [5.74, 6) is 0. The topological polar surface area (TPSA) is 23.8 Å². The lowest BCUT2D eigenvalue weighted by atomic mass is 10.1. The smallest absolute Gasteiger partial charge is 0.102 e. The van der Waals surface area contributed by atoms with Crippen LogP contribution >= 0.6 is 46.1 Å². The van der Waals surface area contributed by atoms with Gasteiger partial charge >= 0.3 is 0 Å². The minimum atomic E-state index is 0.274. The van der Waals surface area contributed by atoms with Gasteiger partial charge in [0.15, 0.2) is 0 Å². The number of allylic oxidation sites excluding steroid dienone is 1. The molecule has 1 heterocycles. The van der Waals surface area contributed by atoms with Gasteiger partial charge in [-0.15, -0.1) is 11.3 Å². The summed E-state index contributed by atoms with van der Waals surface area (Å²) in [6.45, 7) is 0. The maximum Gasteiger partial charge on any atom is 0.102 e. The Balaban J connectivity index is 2.66. The van der Waals surface area contributed by atoms with Crippen LogP contribution in [-0.4, -0.2) is 0 Å². The maximum atomic E-state index is 9.24. The van der Waals surface area contributed by atoms with Gasteiger partial charge in [0, 0.05) is 10.4 Å². The summed E-state index contributed by atoms with van der Waals surface area (Å²) in [5, 5.41) is 12.2. The standard InChI is InChI=1S/C13H6Cl3NS/c14-9-3-1-4-10(15)12(9)13(16)8(7-17)11-5-2-6-18-11/h1-6H. The van der Waals surface area contributed by atoms with Crippen LogP contribution in [0, 0.1) is 11.3 Å². The van der Waals surface area contributed by atoms with Crippen molar-refractivity contribution >= 4 is 56.7 Å². The molecule has 0 spiro atoms. The Morgan fingerprint density at radius 3 is 2.28 bits per heavy atom. The molecule has 1 aromatic carbocycles. The van der Waals surface area contributed by atoms with E-state index in [9.17, 15) is 5.26 Å². The Kier molecular flexibility index (Phi) is 4.31. The van der Waals surface area contributed by atoms with Crippen molar-refractivity contribution in [3.63, 3.8) is 0 Å². The number of halogens is 3. The largest absolute Gasteiger partial charge is 0.192 e. The quantitative estimate of drug-likeness (QED) is 0.654. The second-order valence-electron chi connectivity index (χ2n) is 3.37. The lowest BCUT2D eigenvalue weighted by Crippen LogP contribution is -1.86. The molecule has 90 valence electrons. The minimum Gasteiger partial charge on any atom is -0.192 e. The highest BCUT2D eigenvalue weighted by Gasteiger charge is 2.15. The highest BCUT2D eigenvalue weighted by molar-refractivity contribution is 7.11. The summed E-state index contributed by atoms with van der Waals surface area (Å²) in [4.78, 5) is 0.790. The molecule has 0 bridgehead atoms. The first-order chi connectivity index (χ1) is 8.65. The summed E-state index contributed by atoms with van der Waals surface area (Å²) in [5.41, 5.74) is 0.870. The highest BCUT2D eigenvalue weighted by atomic mass is 35.5. The average molecular weight is 315 g/mol. The van der Waals surface area contributed by atoms with E-state index >= 15 is 0 Å². The summed E-state index contributed by atoms with van der Waals surface area (Å²) < 4.78 is 0. The van der Waals surface area contributed by atoms with Crippen molar-refractivity contribution in [1.82, 2.24) is 0 Å². The van der Waals surface area contributed by atoms with Crippen LogP contribution in [0.3, 0.4) is 0 Å². The van der Waals surface area contributed by atoms with Crippen molar-refractivity contribution in [3.05, 3.63) is 56.2 Å². The Bertz CT molecular complexity index is 619. The lowest BCUT2D eigenvalue weighted by Gasteiger charge is -2.07. The molecule has 0 saturated carbocycles. The van der Waals surface area contributed by atoms with Crippen LogP contribution in [-0.2, 0) is 0 Å². The van der Waals surface area contributed by atoms with Crippen molar-refractivity contribution in [2.24, 2.45) is 0 Å². The molecule has 2 rings (SSSR count). The monoisotopic (exact) mass is 313 g/mol. The van der Waals surface area contributed by atoms with Gasteiger partial charge in [-0.1, -0.05) is 46.9 Å². The van der Waals surface area contributed by atoms with E-state index < -0.39 is 0 Å². The van der Waals surface area contributed by atoms with Crippen molar-refractivity contribution < 1.29 is 0 Å². The molecule has 18 heavy (non-hydrogen) atoms. The highest BCUT2D eigenvalue weighted by Crippen LogP contribution is 2.38. The molecule has 0 unspecified atom stereocenters. The molecule has 0 saturated heterocycles. The zero-order chi connectivity index (χ0) is 13.1. The predicted octanol–water partition coefficient (Wildman–Crippen LogP) is 5.69. The molecule has 0 aliphatic carbocycles. The van der Waals surface area contributed by atoms with E-state index in [1.807, 2.05) is 17.5 Å². The van der Waals surface area contributed by atoms with Crippen molar-refractivity contribution in [2.45, 2.75) is 0 Å². The summed E-state index contributed by atoms with van der Waals surface area (Å²) in [7, 11) is 0. The van der Waals surface area contributed by atoms with E-state index in [-0.39, 0.29) is 5.03 Å². The van der Waals surface area contributed by atoms with Crippen LogP contribution in [0.5, 0.6) is 0 Å². The van der Waals surface area contributed by atoms with Gasteiger partial charge in [0.25, 0.3) is 0 Å². The third-order valence-corrected chi connectivity index (χ3v) is 4.18. The van der Waals surface area contributed by atoms with Gasteiger partial charge in [-0.25, -0.2) is 0 Å². The molecule has 2 aromatic rings. The minimum absolute atomic E-state index is 0.274. The van der Waals surface area contributed by atoms with Gasteiger partial charge in [0.1, 0.15) is 6.07 Å². The van der Waals surface area contributed by atoms with Gasteiger partial charge in [0.05, 0.1) is 20.7 Å². The predicted molar refractivity (Wildman–Crippen MR) is 79.1 cm³/mol. The first-order valence-corrected chi connectivity index (χ1v) is 6.94. The molecule has 5 heteroatoms. The van der Waals surface area contributed by atoms with Gasteiger partial charge in [-0.05, 0) is 23.6 Å². The normalized spacial score (nSPS) is 11.9. The van der Waals surface area contributed by atoms with E-state index in [2.05, 4.69) is 6.07 Å². The number of nitrogens with zero attached hydrogens (tertiary/aromatic N) is 1. The number of hydrogen-bond acceptors (Lipinski definition) is 2. The van der Waals surface area contributed by atoms with Crippen LogP contribution in [0.1, 0.15) is 10.4 Å². The first kappa shape index (κ1) is 13.5. The molecule has 0 atom stereocenters. The molecule has 1 nitrogen and oxygen atoms in total. The zero-order valence-corrected chi connectivity index (χ0v) is 12.0. The summed E-state index contributed by atoms with van der Waals surface area (Å²) >= 11 is 19.9. The number of thiophene rings is 1. The first-order valence-electron chi connectivity index (χ1n) is 4.93. The Hall–Kier alpha value is -0.980. The molecule has 0 amide bonds. The van der Waals surface area contributed by atoms with E-state index in [1.54, 1.807) is 18.2 Å². The van der Waals surface area contributed by atoms with E-state index in [4.69, 9.17) is 34.8 Å². The Morgan fingerprint density at radius 1 is 1.11 bits per heavy atom. The third kappa shape index (κ3) is 2.55. The second-order valence-corrected chi connectivity index (χ2v) is 5.51. The fourth-order valence-corrected chi connectivity index (χ4v) is 3.28. The van der Waals surface area contributed by atoms with Gasteiger partial charge < -0.3 is 0 Å². The number of hydrogen-bond donors (Lipinski definition) is 0. The zero-order valence-electron chi connectivity index (χ0n) is 8.95. The molecular weight excluding hydrogens is 309 g/mol. The van der Waals surface area contributed by atoms with Gasteiger partial charge in [-0.3, -0.25) is 0 Å². The molecule has 0 fully saturated rings. The molecule has 0 radical (unpaired) electrons. The van der Waals surface area contributed by atoms with E-state index in [0.29, 0.717) is 21.2 Å². The molecule has 0 N–H and O–H groups in total. The molecular formula is C13H6Cl3NS. The third-order valence-electron chi connectivity index (χ3n) is 2.28. The van der Waals surface area contributed by atoms with E-state index in [1.165, 1.54) is 11.3 Å². The molecule has 0 aliphatic rings. The number of nitriles is 1. The fraction of sp³-hybridized carbons (Fsp3) is 0. The van der Waals surface area contributed by atoms with Crippen LogP contribution in [0.15, 0.2) is 35.7 Å². The van der Waals surface area contributed by atoms with Crippen molar-refractivity contribution in [2.75, 3.05) is 0 Å². The van der Waals surface area contributed by atoms with Crippen molar-refractivity contribution in [1.29, 1.82) is 5.26 Å². The Labute approximate surface area is 124 Å². The number of benzene rings is 1. The summed E-state index contributed by atoms with van der Waals surface area (Å²) in [6.07, 6.45) is 0. The van der Waals surface area contributed by atoms with Crippen LogP contribution in [0.2, 0.25) is 10.0 Å². The fourth-order valence-electron chi connectivity index (χ4n) is 1.47. The van der Waals surface area contributed by atoms with Crippen LogP contribution < -0.4 is 0 Å². The number of rotatable bonds is 2. The maximum absolute atomic E-state index is 9.24. The van der Waals surface area contributed by atoms with Crippen molar-refractivity contribution in [3.8, 4) is 6.07 Å². The molecule has 1 aromatic heterocycles. The lowest BCUT2D eigenvalue weighted by molar-refractivity contribution is 1.54. The van der Waals surface area contributed by atoms with Crippen LogP contribution in [0.4, 0.5) is 0 Å². The second kappa shape index (κ2) is 5.77. The average Bonchev–Trinajstić information content (AvgIpc) is 2.83. The van der Waals surface area contributed by atoms with Gasteiger partial charge in [0.2, 0.25) is 0 Å². The molecule has 0 aliphatic heterocycles. The van der Waals surface area contributed by atoms with Crippen LogP contribution in [0.25, 0.3) is 10.6 Å². The Morgan fingerprint density at radius 2 is 1.78 bits per heavy atom. The SMILES string of the molecule is N#CC(=C(Cl)c1c(Cl)cccc1Cl)c1cccs1.